The minimum absolute atomic E-state index is 0.0195. The predicted octanol–water partition coefficient (Wildman–Crippen LogP) is 5.79. The number of carbonyl (C=O) groups is 1. The molecule has 0 fully saturated rings. The number of aromatic nitrogens is 4. The minimum Gasteiger partial charge on any atom is -0.494 e. The topological polar surface area (TPSA) is 108 Å². The largest absolute Gasteiger partial charge is 0.494 e. The summed E-state index contributed by atoms with van der Waals surface area (Å²) < 4.78 is 11.8. The highest BCUT2D eigenvalue weighted by molar-refractivity contribution is 5.83. The van der Waals surface area contributed by atoms with Crippen LogP contribution in [0.3, 0.4) is 0 Å². The zero-order valence-corrected chi connectivity index (χ0v) is 24.8. The summed E-state index contributed by atoms with van der Waals surface area (Å²) in [7, 11) is 4.13. The Bertz CT molecular complexity index is 1700. The van der Waals surface area contributed by atoms with E-state index < -0.39 is 0 Å². The maximum atomic E-state index is 11.9. The van der Waals surface area contributed by atoms with Gasteiger partial charge in [-0.25, -0.2) is 9.97 Å². The second-order valence-electron chi connectivity index (χ2n) is 10.7. The van der Waals surface area contributed by atoms with Gasteiger partial charge in [-0.05, 0) is 57.6 Å². The number of terminal acetylenes is 1. The Kier molecular flexibility index (Phi) is 9.93. The van der Waals surface area contributed by atoms with Crippen molar-refractivity contribution in [1.82, 2.24) is 30.2 Å². The van der Waals surface area contributed by atoms with E-state index >= 15 is 0 Å². The van der Waals surface area contributed by atoms with Crippen LogP contribution in [0.5, 0.6) is 11.5 Å². The van der Waals surface area contributed by atoms with Crippen molar-refractivity contribution in [1.29, 1.82) is 0 Å². The number of rotatable bonds is 15. The van der Waals surface area contributed by atoms with Crippen LogP contribution in [0.4, 0.5) is 0 Å². The standard InChI is InChI=1S/C34H38N6O3/c1-4-5-6-18-35-32(41)9-7-20-42-26-14-16-28-30(22-26)38-33(36-28)24-10-12-25(13-11-24)34-37-29-17-15-27(23-31(29)39-34)43-21-8-19-40(2)3/h1,10-17,22-23H,5-9,18-21H2,2-3H3,(H,35,41)(H,36,38)(H,37,39). The number of amides is 1. The molecule has 0 spiro atoms. The molecule has 43 heavy (non-hydrogen) atoms. The summed E-state index contributed by atoms with van der Waals surface area (Å²) in [6, 6.07) is 19.9. The maximum absolute atomic E-state index is 11.9. The number of fused-ring (bicyclic) bond motifs is 2. The van der Waals surface area contributed by atoms with Crippen LogP contribution in [0, 0.1) is 12.3 Å². The first-order chi connectivity index (χ1) is 21.0. The molecule has 3 N–H and O–H groups in total. The lowest BCUT2D eigenvalue weighted by Crippen LogP contribution is -2.24. The van der Waals surface area contributed by atoms with Crippen LogP contribution < -0.4 is 14.8 Å². The van der Waals surface area contributed by atoms with Gasteiger partial charge in [0.25, 0.3) is 0 Å². The molecule has 0 saturated heterocycles. The molecule has 0 aliphatic heterocycles. The number of nitrogens with zero attached hydrogens (tertiary/aromatic N) is 3. The van der Waals surface area contributed by atoms with Crippen LogP contribution >= 0.6 is 0 Å². The summed E-state index contributed by atoms with van der Waals surface area (Å²) in [5.41, 5.74) is 5.55. The van der Waals surface area contributed by atoms with Crippen LogP contribution in [0.1, 0.15) is 32.1 Å². The number of carbonyl (C=O) groups excluding carboxylic acids is 1. The average molecular weight is 579 g/mol. The van der Waals surface area contributed by atoms with Crippen molar-refractivity contribution in [2.75, 3.05) is 40.4 Å². The third kappa shape index (κ3) is 8.15. The quantitative estimate of drug-likeness (QED) is 0.107. The molecule has 9 heteroatoms. The van der Waals surface area contributed by atoms with E-state index in [4.69, 9.17) is 25.9 Å². The van der Waals surface area contributed by atoms with Crippen molar-refractivity contribution in [2.24, 2.45) is 0 Å². The van der Waals surface area contributed by atoms with Crippen LogP contribution in [0.25, 0.3) is 44.8 Å². The molecule has 3 aromatic carbocycles. The molecule has 0 aliphatic rings. The van der Waals surface area contributed by atoms with Gasteiger partial charge in [-0.1, -0.05) is 24.3 Å². The molecule has 1 amide bonds. The number of benzene rings is 3. The molecule has 2 aromatic heterocycles. The van der Waals surface area contributed by atoms with Gasteiger partial charge in [0.05, 0.1) is 35.3 Å². The second-order valence-corrected chi connectivity index (χ2v) is 10.7. The molecule has 0 aliphatic carbocycles. The summed E-state index contributed by atoms with van der Waals surface area (Å²) in [5, 5.41) is 2.88. The Balaban J connectivity index is 1.16. The Morgan fingerprint density at radius 1 is 0.837 bits per heavy atom. The lowest BCUT2D eigenvalue weighted by molar-refractivity contribution is -0.121. The number of aromatic amines is 2. The molecule has 222 valence electrons. The SMILES string of the molecule is C#CCCCNC(=O)CCCOc1ccc2nc(-c3ccc(-c4nc5ccc(OCCCN(C)C)cc5[nH]4)cc3)[nH]c2c1. The number of hydrogen-bond acceptors (Lipinski definition) is 6. The summed E-state index contributed by atoms with van der Waals surface area (Å²) in [5.74, 6) is 5.75. The van der Waals surface area contributed by atoms with Crippen molar-refractivity contribution in [3.63, 3.8) is 0 Å². The van der Waals surface area contributed by atoms with Crippen LogP contribution in [-0.4, -0.2) is 71.1 Å². The van der Waals surface area contributed by atoms with E-state index in [2.05, 4.69) is 40.2 Å². The van der Waals surface area contributed by atoms with Gasteiger partial charge < -0.3 is 29.7 Å². The molecule has 5 aromatic rings. The Morgan fingerprint density at radius 3 is 1.93 bits per heavy atom. The number of nitrogens with one attached hydrogen (secondary N) is 3. The van der Waals surface area contributed by atoms with E-state index in [-0.39, 0.29) is 5.91 Å². The highest BCUT2D eigenvalue weighted by atomic mass is 16.5. The molecular formula is C34H38N6O3. The molecular weight excluding hydrogens is 540 g/mol. The highest BCUT2D eigenvalue weighted by Gasteiger charge is 2.10. The molecule has 0 unspecified atom stereocenters. The van der Waals surface area contributed by atoms with Crippen molar-refractivity contribution in [3.8, 4) is 46.6 Å². The fraction of sp³-hybridized carbons (Fsp3) is 0.324. The number of unbranched alkanes of at least 4 members (excludes halogenated alkanes) is 1. The summed E-state index contributed by atoms with van der Waals surface area (Å²) in [6.07, 6.45) is 8.73. The summed E-state index contributed by atoms with van der Waals surface area (Å²) in [4.78, 5) is 30.4. The van der Waals surface area contributed by atoms with Crippen molar-refractivity contribution < 1.29 is 14.3 Å². The fourth-order valence-corrected chi connectivity index (χ4v) is 4.72. The van der Waals surface area contributed by atoms with Gasteiger partial charge in [0.15, 0.2) is 0 Å². The van der Waals surface area contributed by atoms with Crippen LogP contribution in [0.15, 0.2) is 60.7 Å². The number of hydrogen-bond donors (Lipinski definition) is 3. The third-order valence-corrected chi connectivity index (χ3v) is 6.99. The summed E-state index contributed by atoms with van der Waals surface area (Å²) in [6.45, 7) is 2.74. The summed E-state index contributed by atoms with van der Waals surface area (Å²) >= 11 is 0. The normalized spacial score (nSPS) is 11.2. The molecule has 9 nitrogen and oxygen atoms in total. The van der Waals surface area contributed by atoms with Crippen LogP contribution in [-0.2, 0) is 4.79 Å². The predicted molar refractivity (Wildman–Crippen MR) is 171 cm³/mol. The highest BCUT2D eigenvalue weighted by Crippen LogP contribution is 2.28. The fourth-order valence-electron chi connectivity index (χ4n) is 4.72. The van der Waals surface area contributed by atoms with E-state index in [9.17, 15) is 4.79 Å². The van der Waals surface area contributed by atoms with Gasteiger partial charge >= 0.3 is 0 Å². The minimum atomic E-state index is 0.0195. The van der Waals surface area contributed by atoms with Crippen molar-refractivity contribution >= 4 is 28.0 Å². The van der Waals surface area contributed by atoms with Gasteiger partial charge in [-0.3, -0.25) is 4.79 Å². The lowest BCUT2D eigenvalue weighted by Gasteiger charge is -2.10. The Morgan fingerprint density at radius 2 is 1.40 bits per heavy atom. The molecule has 2 heterocycles. The van der Waals surface area contributed by atoms with E-state index in [1.54, 1.807) is 0 Å². The monoisotopic (exact) mass is 578 g/mol. The maximum Gasteiger partial charge on any atom is 0.220 e. The average Bonchev–Trinajstić information content (AvgIpc) is 3.64. The van der Waals surface area contributed by atoms with Gasteiger partial charge in [-0.2, -0.15) is 0 Å². The first-order valence-electron chi connectivity index (χ1n) is 14.7. The zero-order valence-electron chi connectivity index (χ0n) is 24.8. The van der Waals surface area contributed by atoms with Gasteiger partial charge in [-0.15, -0.1) is 12.3 Å². The van der Waals surface area contributed by atoms with E-state index in [0.29, 0.717) is 39.0 Å². The molecule has 5 rings (SSSR count). The Hall–Kier alpha value is -4.81. The third-order valence-electron chi connectivity index (χ3n) is 6.99. The zero-order chi connectivity index (χ0) is 30.0. The van der Waals surface area contributed by atoms with Crippen molar-refractivity contribution in [2.45, 2.75) is 32.1 Å². The van der Waals surface area contributed by atoms with E-state index in [1.807, 2.05) is 60.7 Å². The van der Waals surface area contributed by atoms with E-state index in [1.165, 1.54) is 0 Å². The molecule has 0 saturated carbocycles. The number of H-pyrrole nitrogens is 2. The first-order valence-corrected chi connectivity index (χ1v) is 14.7. The second kappa shape index (κ2) is 14.4. The van der Waals surface area contributed by atoms with Gasteiger partial charge in [0.1, 0.15) is 23.1 Å². The van der Waals surface area contributed by atoms with Crippen molar-refractivity contribution in [3.05, 3.63) is 60.7 Å². The Labute approximate surface area is 252 Å². The first kappa shape index (κ1) is 29.7. The molecule has 0 bridgehead atoms. The lowest BCUT2D eigenvalue weighted by atomic mass is 10.1. The molecule has 0 radical (unpaired) electrons. The van der Waals surface area contributed by atoms with Gasteiger partial charge in [0, 0.05) is 49.2 Å². The number of ether oxygens (including phenoxy) is 2. The van der Waals surface area contributed by atoms with Crippen LogP contribution in [0.2, 0.25) is 0 Å². The smallest absolute Gasteiger partial charge is 0.220 e. The number of imidazole rings is 2. The van der Waals surface area contributed by atoms with E-state index in [0.717, 1.165) is 75.7 Å². The van der Waals surface area contributed by atoms with Gasteiger partial charge in [0.2, 0.25) is 5.91 Å². The molecule has 0 atom stereocenters.